The molecule has 84 valence electrons. The van der Waals surface area contributed by atoms with E-state index in [4.69, 9.17) is 5.73 Å². The molecule has 1 aromatic carbocycles. The van der Waals surface area contributed by atoms with Crippen LogP contribution in [-0.2, 0) is 6.54 Å². The van der Waals surface area contributed by atoms with Crippen molar-refractivity contribution in [2.24, 2.45) is 0 Å². The third-order valence-electron chi connectivity index (χ3n) is 2.44. The Hall–Kier alpha value is -1.55. The van der Waals surface area contributed by atoms with E-state index in [2.05, 4.69) is 23.0 Å². The van der Waals surface area contributed by atoms with Gasteiger partial charge < -0.3 is 11.1 Å². The number of nitrogens with two attached hydrogens (primary N) is 1. The first-order valence-corrected chi connectivity index (χ1v) is 5.91. The van der Waals surface area contributed by atoms with Crippen molar-refractivity contribution in [3.8, 4) is 0 Å². The van der Waals surface area contributed by atoms with Crippen molar-refractivity contribution in [1.29, 1.82) is 0 Å². The van der Waals surface area contributed by atoms with E-state index < -0.39 is 0 Å². The molecule has 0 aliphatic carbocycles. The van der Waals surface area contributed by atoms with Gasteiger partial charge in [-0.25, -0.2) is 4.39 Å². The van der Waals surface area contributed by atoms with Gasteiger partial charge in [-0.3, -0.25) is 0 Å². The molecule has 3 N–H and O–H groups in total. The van der Waals surface area contributed by atoms with Crippen LogP contribution in [0.5, 0.6) is 0 Å². The average Bonchev–Trinajstić information content (AvgIpc) is 2.63. The molecule has 0 radical (unpaired) electrons. The van der Waals surface area contributed by atoms with Crippen LogP contribution in [-0.4, -0.2) is 0 Å². The molecule has 0 fully saturated rings. The molecule has 2 aromatic rings. The lowest BCUT2D eigenvalue weighted by atomic mass is 10.2. The first-order valence-electron chi connectivity index (χ1n) is 4.97. The van der Waals surface area contributed by atoms with Gasteiger partial charge in [0.15, 0.2) is 0 Å². The second-order valence-electron chi connectivity index (χ2n) is 3.67. The Morgan fingerprint density at radius 3 is 2.81 bits per heavy atom. The van der Waals surface area contributed by atoms with E-state index in [9.17, 15) is 4.39 Å². The number of halogens is 1. The van der Waals surface area contributed by atoms with E-state index in [0.29, 0.717) is 12.2 Å². The van der Waals surface area contributed by atoms with Gasteiger partial charge >= 0.3 is 0 Å². The highest BCUT2D eigenvalue weighted by atomic mass is 32.1. The highest BCUT2D eigenvalue weighted by Gasteiger charge is 2.02. The molecule has 0 aliphatic heterocycles. The largest absolute Gasteiger partial charge is 0.397 e. The van der Waals surface area contributed by atoms with Gasteiger partial charge in [0.2, 0.25) is 0 Å². The normalized spacial score (nSPS) is 10.4. The molecular formula is C12H13FN2S. The summed E-state index contributed by atoms with van der Waals surface area (Å²) in [5.41, 5.74) is 9.41. The van der Waals surface area contributed by atoms with Gasteiger partial charge in [-0.1, -0.05) is 0 Å². The highest BCUT2D eigenvalue weighted by Crippen LogP contribution is 2.21. The minimum atomic E-state index is -0.310. The second kappa shape index (κ2) is 4.53. The quantitative estimate of drug-likeness (QED) is 0.802. The molecule has 16 heavy (non-hydrogen) atoms. The number of rotatable bonds is 3. The molecule has 0 saturated heterocycles. The number of nitrogens with one attached hydrogen (secondary N) is 1. The molecule has 2 rings (SSSR count). The Kier molecular flexibility index (Phi) is 3.10. The molecule has 1 aromatic heterocycles. The van der Waals surface area contributed by atoms with E-state index in [1.165, 1.54) is 23.3 Å². The molecule has 0 aliphatic rings. The first-order chi connectivity index (χ1) is 7.66. The highest BCUT2D eigenvalue weighted by molar-refractivity contribution is 7.08. The van der Waals surface area contributed by atoms with E-state index in [1.807, 2.05) is 0 Å². The monoisotopic (exact) mass is 236 g/mol. The second-order valence-corrected chi connectivity index (χ2v) is 4.41. The summed E-state index contributed by atoms with van der Waals surface area (Å²) < 4.78 is 12.8. The van der Waals surface area contributed by atoms with E-state index in [1.54, 1.807) is 17.4 Å². The van der Waals surface area contributed by atoms with Crippen LogP contribution in [0.2, 0.25) is 0 Å². The maximum atomic E-state index is 12.8. The Morgan fingerprint density at radius 2 is 2.19 bits per heavy atom. The van der Waals surface area contributed by atoms with Crippen LogP contribution < -0.4 is 11.1 Å². The molecule has 0 bridgehead atoms. The minimum Gasteiger partial charge on any atom is -0.397 e. The van der Waals surface area contributed by atoms with Crippen molar-refractivity contribution in [3.05, 3.63) is 45.9 Å². The summed E-state index contributed by atoms with van der Waals surface area (Å²) in [5.74, 6) is -0.310. The summed E-state index contributed by atoms with van der Waals surface area (Å²) in [5, 5.41) is 7.40. The number of thiophene rings is 1. The maximum Gasteiger partial charge on any atom is 0.125 e. The van der Waals surface area contributed by atoms with Gasteiger partial charge in [0.25, 0.3) is 0 Å². The summed E-state index contributed by atoms with van der Waals surface area (Å²) in [6.45, 7) is 2.78. The predicted molar refractivity (Wildman–Crippen MR) is 67.2 cm³/mol. The zero-order chi connectivity index (χ0) is 11.5. The van der Waals surface area contributed by atoms with Crippen LogP contribution >= 0.6 is 11.3 Å². The maximum absolute atomic E-state index is 12.8. The summed E-state index contributed by atoms with van der Waals surface area (Å²) in [6, 6.07) is 4.38. The minimum absolute atomic E-state index is 0.310. The van der Waals surface area contributed by atoms with Gasteiger partial charge in [-0.15, -0.1) is 0 Å². The Bertz CT molecular complexity index is 494. The predicted octanol–water partition coefficient (Wildman–Crippen LogP) is 3.39. The molecule has 0 atom stereocenters. The van der Waals surface area contributed by atoms with Gasteiger partial charge in [0.1, 0.15) is 5.82 Å². The van der Waals surface area contributed by atoms with Crippen LogP contribution in [0, 0.1) is 12.7 Å². The third-order valence-corrected chi connectivity index (χ3v) is 3.35. The summed E-state index contributed by atoms with van der Waals surface area (Å²) in [7, 11) is 0. The molecule has 0 amide bonds. The molecule has 2 nitrogen and oxygen atoms in total. The SMILES string of the molecule is Cc1cscc1CNc1ccc(F)cc1N. The summed E-state index contributed by atoms with van der Waals surface area (Å²) in [6.07, 6.45) is 0. The Morgan fingerprint density at radius 1 is 1.38 bits per heavy atom. The number of nitrogen functional groups attached to an aromatic ring is 1. The number of hydrogen-bond acceptors (Lipinski definition) is 3. The number of hydrogen-bond donors (Lipinski definition) is 2. The molecule has 0 spiro atoms. The number of anilines is 2. The molecule has 1 heterocycles. The van der Waals surface area contributed by atoms with Crippen molar-refractivity contribution < 1.29 is 4.39 Å². The lowest BCUT2D eigenvalue weighted by Crippen LogP contribution is -2.02. The summed E-state index contributed by atoms with van der Waals surface area (Å²) >= 11 is 1.68. The van der Waals surface area contributed by atoms with Crippen molar-refractivity contribution >= 4 is 22.7 Å². The zero-order valence-corrected chi connectivity index (χ0v) is 9.77. The molecule has 4 heteroatoms. The topological polar surface area (TPSA) is 38.0 Å². The standard InChI is InChI=1S/C12H13FN2S/c1-8-6-16-7-9(8)5-15-12-3-2-10(13)4-11(12)14/h2-4,6-7,15H,5,14H2,1H3. The van der Waals surface area contributed by atoms with Gasteiger partial charge in [0.05, 0.1) is 11.4 Å². The number of aryl methyl sites for hydroxylation is 1. The fraction of sp³-hybridized carbons (Fsp3) is 0.167. The van der Waals surface area contributed by atoms with Crippen LogP contribution in [0.25, 0.3) is 0 Å². The average molecular weight is 236 g/mol. The van der Waals surface area contributed by atoms with Crippen LogP contribution in [0.3, 0.4) is 0 Å². The fourth-order valence-electron chi connectivity index (χ4n) is 1.45. The van der Waals surface area contributed by atoms with Gasteiger partial charge in [0, 0.05) is 6.54 Å². The van der Waals surface area contributed by atoms with Gasteiger partial charge in [-0.05, 0) is 47.0 Å². The van der Waals surface area contributed by atoms with Crippen LogP contribution in [0.1, 0.15) is 11.1 Å². The third kappa shape index (κ3) is 2.33. The summed E-state index contributed by atoms with van der Waals surface area (Å²) in [4.78, 5) is 0. The smallest absolute Gasteiger partial charge is 0.125 e. The Labute approximate surface area is 97.9 Å². The molecule has 0 unspecified atom stereocenters. The number of benzene rings is 1. The van der Waals surface area contributed by atoms with Crippen molar-refractivity contribution in [3.63, 3.8) is 0 Å². The molecule has 0 saturated carbocycles. The van der Waals surface area contributed by atoms with E-state index in [0.717, 1.165) is 5.69 Å². The Balaban J connectivity index is 2.08. The molecular weight excluding hydrogens is 223 g/mol. The zero-order valence-electron chi connectivity index (χ0n) is 8.96. The first kappa shape index (κ1) is 11.0. The van der Waals surface area contributed by atoms with Crippen LogP contribution in [0.4, 0.5) is 15.8 Å². The van der Waals surface area contributed by atoms with Crippen molar-refractivity contribution in [2.45, 2.75) is 13.5 Å². The lowest BCUT2D eigenvalue weighted by molar-refractivity contribution is 0.628. The van der Waals surface area contributed by atoms with Gasteiger partial charge in [-0.2, -0.15) is 11.3 Å². The van der Waals surface area contributed by atoms with Crippen LogP contribution in [0.15, 0.2) is 29.0 Å². The van der Waals surface area contributed by atoms with E-state index >= 15 is 0 Å². The van der Waals surface area contributed by atoms with Crippen molar-refractivity contribution in [2.75, 3.05) is 11.1 Å². The van der Waals surface area contributed by atoms with Crippen molar-refractivity contribution in [1.82, 2.24) is 0 Å². The lowest BCUT2D eigenvalue weighted by Gasteiger charge is -2.08. The van der Waals surface area contributed by atoms with E-state index in [-0.39, 0.29) is 5.82 Å². The fourth-order valence-corrected chi connectivity index (χ4v) is 2.31.